The molecule has 0 N–H and O–H groups in total. The summed E-state index contributed by atoms with van der Waals surface area (Å²) in [4.78, 5) is 1.18. The Hall–Kier alpha value is 0.0900. The van der Waals surface area contributed by atoms with Crippen molar-refractivity contribution in [2.45, 2.75) is 19.3 Å². The molecule has 1 radical (unpaired) electrons. The molecule has 1 unspecified atom stereocenters. The van der Waals surface area contributed by atoms with Gasteiger partial charge in [0, 0.05) is 0 Å². The van der Waals surface area contributed by atoms with Crippen LogP contribution in [-0.4, -0.2) is 4.86 Å². The summed E-state index contributed by atoms with van der Waals surface area (Å²) in [5, 5.41) is 0. The van der Waals surface area contributed by atoms with Crippen molar-refractivity contribution in [2.75, 3.05) is 0 Å². The topological polar surface area (TPSA) is 0 Å². The van der Waals surface area contributed by atoms with E-state index in [1.807, 2.05) is 0 Å². The van der Waals surface area contributed by atoms with Crippen molar-refractivity contribution >= 4 is 17.1 Å². The van der Waals surface area contributed by atoms with Crippen molar-refractivity contribution in [3.63, 3.8) is 0 Å². The van der Waals surface area contributed by atoms with Gasteiger partial charge in [0.05, 0.1) is 0 Å². The Morgan fingerprint density at radius 1 is 1.71 bits per heavy atom. The van der Waals surface area contributed by atoms with Gasteiger partial charge in [0.25, 0.3) is 0 Å². The van der Waals surface area contributed by atoms with E-state index in [-0.39, 0.29) is 0 Å². The average molecular weight is 113 g/mol. The van der Waals surface area contributed by atoms with Crippen LogP contribution >= 0.6 is 12.2 Å². The molecule has 0 heterocycles. The molecule has 0 bridgehead atoms. The number of hydrogen-bond donors (Lipinski definition) is 0. The van der Waals surface area contributed by atoms with E-state index in [2.05, 4.69) is 6.92 Å². The number of thiocarbonyl (C=S) groups is 1. The van der Waals surface area contributed by atoms with E-state index in [0.717, 1.165) is 6.42 Å². The van der Waals surface area contributed by atoms with Gasteiger partial charge in [-0.25, -0.2) is 0 Å². The molecule has 0 aliphatic heterocycles. The molecule has 0 aromatic rings. The Bertz CT molecular complexity index is 86.2. The lowest BCUT2D eigenvalue weighted by Gasteiger charge is -1.94. The highest BCUT2D eigenvalue weighted by atomic mass is 32.1. The van der Waals surface area contributed by atoms with Crippen molar-refractivity contribution in [3.05, 3.63) is 6.92 Å². The molecular weight excluding hydrogens is 104 g/mol. The van der Waals surface area contributed by atoms with E-state index in [1.165, 1.54) is 17.7 Å². The van der Waals surface area contributed by atoms with Crippen LogP contribution in [-0.2, 0) is 0 Å². The largest absolute Gasteiger partial charge is 0.0894 e. The summed E-state index contributed by atoms with van der Waals surface area (Å²) in [6, 6.07) is 0. The molecule has 1 atom stereocenters. The molecule has 39 valence electrons. The monoisotopic (exact) mass is 113 g/mol. The van der Waals surface area contributed by atoms with Crippen LogP contribution in [0.25, 0.3) is 0 Å². The van der Waals surface area contributed by atoms with Gasteiger partial charge in [-0.1, -0.05) is 12.2 Å². The van der Waals surface area contributed by atoms with Gasteiger partial charge in [-0.3, -0.25) is 0 Å². The van der Waals surface area contributed by atoms with E-state index in [4.69, 9.17) is 12.2 Å². The predicted molar refractivity (Wildman–Crippen MR) is 35.3 cm³/mol. The van der Waals surface area contributed by atoms with Crippen LogP contribution in [0.1, 0.15) is 19.3 Å². The third-order valence-electron chi connectivity index (χ3n) is 1.43. The molecule has 1 fully saturated rings. The highest BCUT2D eigenvalue weighted by Crippen LogP contribution is 2.20. The van der Waals surface area contributed by atoms with Crippen LogP contribution in [0, 0.1) is 12.8 Å². The Morgan fingerprint density at radius 2 is 2.43 bits per heavy atom. The van der Waals surface area contributed by atoms with Crippen LogP contribution < -0.4 is 0 Å². The van der Waals surface area contributed by atoms with Crippen LogP contribution in [0.3, 0.4) is 0 Å². The summed E-state index contributed by atoms with van der Waals surface area (Å²) in [7, 11) is 0. The second kappa shape index (κ2) is 1.91. The zero-order valence-electron chi connectivity index (χ0n) is 4.31. The second-order valence-electron chi connectivity index (χ2n) is 2.06. The molecule has 1 saturated carbocycles. The maximum Gasteiger partial charge on any atom is -0.00406 e. The van der Waals surface area contributed by atoms with Crippen molar-refractivity contribution in [3.8, 4) is 0 Å². The van der Waals surface area contributed by atoms with E-state index in [9.17, 15) is 0 Å². The van der Waals surface area contributed by atoms with Gasteiger partial charge in [0.2, 0.25) is 0 Å². The highest BCUT2D eigenvalue weighted by Gasteiger charge is 2.14. The summed E-state index contributed by atoms with van der Waals surface area (Å²) in [5.41, 5.74) is 0. The van der Waals surface area contributed by atoms with Crippen LogP contribution in [0.15, 0.2) is 0 Å². The lowest BCUT2D eigenvalue weighted by molar-refractivity contribution is 0.785. The molecule has 0 amide bonds. The minimum absolute atomic E-state index is 0.495. The molecule has 7 heavy (non-hydrogen) atoms. The lowest BCUT2D eigenvalue weighted by atomic mass is 10.1. The first-order chi connectivity index (χ1) is 3.30. The van der Waals surface area contributed by atoms with Crippen LogP contribution in [0.4, 0.5) is 0 Å². The summed E-state index contributed by atoms with van der Waals surface area (Å²) >= 11 is 4.98. The quantitative estimate of drug-likeness (QED) is 0.433. The van der Waals surface area contributed by atoms with E-state index >= 15 is 0 Å². The maximum atomic E-state index is 4.98. The zero-order valence-corrected chi connectivity index (χ0v) is 5.13. The fourth-order valence-electron chi connectivity index (χ4n) is 0.888. The van der Waals surface area contributed by atoms with Gasteiger partial charge < -0.3 is 0 Å². The molecule has 0 nitrogen and oxygen atoms in total. The Labute approximate surface area is 49.9 Å². The summed E-state index contributed by atoms with van der Waals surface area (Å²) in [5.74, 6) is 0.495. The van der Waals surface area contributed by atoms with E-state index in [0.29, 0.717) is 5.92 Å². The summed E-state index contributed by atoms with van der Waals surface area (Å²) < 4.78 is 0. The fraction of sp³-hybridized carbons (Fsp3) is 0.667. The maximum absolute atomic E-state index is 4.98. The molecule has 1 heteroatoms. The van der Waals surface area contributed by atoms with Crippen molar-refractivity contribution in [1.29, 1.82) is 0 Å². The zero-order chi connectivity index (χ0) is 5.28. The first kappa shape index (κ1) is 5.23. The van der Waals surface area contributed by atoms with Crippen molar-refractivity contribution < 1.29 is 0 Å². The smallest absolute Gasteiger partial charge is 0.00406 e. The summed E-state index contributed by atoms with van der Waals surface area (Å²) in [6.07, 6.45) is 3.63. The minimum atomic E-state index is 0.495. The van der Waals surface area contributed by atoms with Crippen LogP contribution in [0.5, 0.6) is 0 Å². The van der Waals surface area contributed by atoms with Crippen molar-refractivity contribution in [1.82, 2.24) is 0 Å². The van der Waals surface area contributed by atoms with Gasteiger partial charge in [-0.2, -0.15) is 0 Å². The standard InChI is InChI=1S/C6H9S/c1-5-3-2-4-6(5)7/h5H,1-4H2. The number of rotatable bonds is 0. The lowest BCUT2D eigenvalue weighted by Crippen LogP contribution is -1.96. The molecule has 0 spiro atoms. The average Bonchev–Trinajstić information content (AvgIpc) is 1.91. The van der Waals surface area contributed by atoms with Crippen molar-refractivity contribution in [2.24, 2.45) is 5.92 Å². The first-order valence-corrected chi connectivity index (χ1v) is 3.07. The van der Waals surface area contributed by atoms with Gasteiger partial charge >= 0.3 is 0 Å². The molecule has 1 rings (SSSR count). The Morgan fingerprint density at radius 3 is 2.57 bits per heavy atom. The second-order valence-corrected chi connectivity index (χ2v) is 2.58. The van der Waals surface area contributed by atoms with Gasteiger partial charge in [-0.15, -0.1) is 0 Å². The Balaban J connectivity index is 2.48. The molecule has 0 saturated heterocycles. The molecule has 1 aliphatic rings. The molecule has 0 aromatic carbocycles. The highest BCUT2D eigenvalue weighted by molar-refractivity contribution is 7.80. The fourth-order valence-corrected chi connectivity index (χ4v) is 1.15. The van der Waals surface area contributed by atoms with E-state index < -0.39 is 0 Å². The number of hydrogen-bond acceptors (Lipinski definition) is 1. The van der Waals surface area contributed by atoms with Crippen LogP contribution in [0.2, 0.25) is 0 Å². The normalized spacial score (nSPS) is 31.6. The first-order valence-electron chi connectivity index (χ1n) is 2.66. The Kier molecular flexibility index (Phi) is 1.43. The molecule has 0 aromatic heterocycles. The van der Waals surface area contributed by atoms with Gasteiger partial charge in [0.15, 0.2) is 0 Å². The third-order valence-corrected chi connectivity index (χ3v) is 1.97. The SMILES string of the molecule is [CH2]C1CCCC1=S. The minimum Gasteiger partial charge on any atom is -0.0894 e. The molecule has 1 aliphatic carbocycles. The van der Waals surface area contributed by atoms with Gasteiger partial charge in [0.1, 0.15) is 0 Å². The van der Waals surface area contributed by atoms with E-state index in [1.54, 1.807) is 0 Å². The molecular formula is C6H9S. The third kappa shape index (κ3) is 1.00. The summed E-state index contributed by atoms with van der Waals surface area (Å²) in [6.45, 7) is 3.88. The predicted octanol–water partition coefficient (Wildman–Crippen LogP) is 1.99. The van der Waals surface area contributed by atoms with Gasteiger partial charge in [-0.05, 0) is 37.0 Å².